The standard InChI is InChI=1S/C15H18N2O4/c1-9(18)13-3-2-6-16-14(13)21-12-7-10-4-5-11(8-12)17(10)15(19)20/h2-3,6,10-12H,4-5,7-8H2,1H3,(H,19,20). The third-order valence-electron chi connectivity index (χ3n) is 4.34. The van der Waals surface area contributed by atoms with Crippen molar-refractivity contribution in [3.05, 3.63) is 23.9 Å². The van der Waals surface area contributed by atoms with E-state index in [0.717, 1.165) is 12.8 Å². The van der Waals surface area contributed by atoms with E-state index in [1.165, 1.54) is 6.92 Å². The van der Waals surface area contributed by atoms with Crippen molar-refractivity contribution in [2.45, 2.75) is 50.8 Å². The number of ether oxygens (including phenoxy) is 1. The molecule has 0 spiro atoms. The van der Waals surface area contributed by atoms with Gasteiger partial charge in [0.25, 0.3) is 0 Å². The van der Waals surface area contributed by atoms with Gasteiger partial charge in [0, 0.05) is 31.1 Å². The van der Waals surface area contributed by atoms with Crippen molar-refractivity contribution in [3.8, 4) is 5.88 Å². The van der Waals surface area contributed by atoms with Gasteiger partial charge < -0.3 is 14.7 Å². The number of aromatic nitrogens is 1. The van der Waals surface area contributed by atoms with Crippen molar-refractivity contribution in [3.63, 3.8) is 0 Å². The molecule has 112 valence electrons. The number of pyridine rings is 1. The van der Waals surface area contributed by atoms with Crippen LogP contribution in [0.25, 0.3) is 0 Å². The number of carbonyl (C=O) groups excluding carboxylic acids is 1. The summed E-state index contributed by atoms with van der Waals surface area (Å²) < 4.78 is 5.91. The van der Waals surface area contributed by atoms with Gasteiger partial charge in [0.15, 0.2) is 5.78 Å². The molecule has 1 aromatic heterocycles. The van der Waals surface area contributed by atoms with Crippen LogP contribution in [0.1, 0.15) is 43.0 Å². The van der Waals surface area contributed by atoms with Crippen molar-refractivity contribution in [1.82, 2.24) is 9.88 Å². The van der Waals surface area contributed by atoms with E-state index in [1.54, 1.807) is 23.2 Å². The van der Waals surface area contributed by atoms with E-state index in [-0.39, 0.29) is 24.0 Å². The zero-order valence-electron chi connectivity index (χ0n) is 11.9. The van der Waals surface area contributed by atoms with Gasteiger partial charge in [-0.25, -0.2) is 9.78 Å². The monoisotopic (exact) mass is 290 g/mol. The largest absolute Gasteiger partial charge is 0.474 e. The number of fused-ring (bicyclic) bond motifs is 2. The molecule has 0 aromatic carbocycles. The molecule has 2 bridgehead atoms. The first-order valence-electron chi connectivity index (χ1n) is 7.20. The summed E-state index contributed by atoms with van der Waals surface area (Å²) in [5, 5.41) is 9.24. The molecule has 6 nitrogen and oxygen atoms in total. The number of hydrogen-bond donors (Lipinski definition) is 1. The molecule has 1 N–H and O–H groups in total. The molecule has 2 aliphatic heterocycles. The molecule has 3 rings (SSSR count). The topological polar surface area (TPSA) is 79.7 Å². The maximum Gasteiger partial charge on any atom is 0.407 e. The Kier molecular flexibility index (Phi) is 3.53. The zero-order chi connectivity index (χ0) is 15.0. The Morgan fingerprint density at radius 3 is 2.57 bits per heavy atom. The predicted molar refractivity (Wildman–Crippen MR) is 74.6 cm³/mol. The van der Waals surface area contributed by atoms with E-state index in [4.69, 9.17) is 4.74 Å². The molecule has 1 aromatic rings. The highest BCUT2D eigenvalue weighted by molar-refractivity contribution is 5.96. The molecule has 1 amide bonds. The second-order valence-electron chi connectivity index (χ2n) is 5.70. The molecular weight excluding hydrogens is 272 g/mol. The zero-order valence-corrected chi connectivity index (χ0v) is 11.9. The number of ketones is 1. The van der Waals surface area contributed by atoms with Crippen LogP contribution < -0.4 is 4.74 Å². The number of Topliss-reactive ketones (excluding diaryl/α,β-unsaturated/α-hetero) is 1. The lowest BCUT2D eigenvalue weighted by Gasteiger charge is -2.36. The Bertz CT molecular complexity index is 561. The molecule has 0 saturated carbocycles. The Morgan fingerprint density at radius 2 is 2.00 bits per heavy atom. The Labute approximate surface area is 122 Å². The molecule has 21 heavy (non-hydrogen) atoms. The summed E-state index contributed by atoms with van der Waals surface area (Å²) in [6, 6.07) is 3.46. The number of nitrogens with zero attached hydrogens (tertiary/aromatic N) is 2. The van der Waals surface area contributed by atoms with E-state index >= 15 is 0 Å². The molecule has 2 aliphatic rings. The third-order valence-corrected chi connectivity index (χ3v) is 4.34. The van der Waals surface area contributed by atoms with Gasteiger partial charge in [-0.3, -0.25) is 4.79 Å². The van der Waals surface area contributed by atoms with Gasteiger partial charge in [-0.2, -0.15) is 0 Å². The van der Waals surface area contributed by atoms with Crippen LogP contribution in [0.5, 0.6) is 5.88 Å². The third kappa shape index (κ3) is 2.57. The number of piperidine rings is 1. The summed E-state index contributed by atoms with van der Waals surface area (Å²) >= 11 is 0. The van der Waals surface area contributed by atoms with Crippen molar-refractivity contribution in [2.75, 3.05) is 0 Å². The summed E-state index contributed by atoms with van der Waals surface area (Å²) in [6.45, 7) is 1.49. The first-order valence-corrected chi connectivity index (χ1v) is 7.20. The van der Waals surface area contributed by atoms with Crippen molar-refractivity contribution < 1.29 is 19.4 Å². The maximum atomic E-state index is 11.6. The van der Waals surface area contributed by atoms with Gasteiger partial charge in [0.2, 0.25) is 5.88 Å². The second-order valence-corrected chi connectivity index (χ2v) is 5.70. The van der Waals surface area contributed by atoms with E-state index in [2.05, 4.69) is 4.98 Å². The highest BCUT2D eigenvalue weighted by Crippen LogP contribution is 2.37. The number of amides is 1. The fourth-order valence-corrected chi connectivity index (χ4v) is 3.45. The summed E-state index contributed by atoms with van der Waals surface area (Å²) in [5.74, 6) is 0.280. The van der Waals surface area contributed by atoms with Crippen LogP contribution in [0.4, 0.5) is 4.79 Å². The van der Waals surface area contributed by atoms with Crippen LogP contribution in [0, 0.1) is 0 Å². The van der Waals surface area contributed by atoms with Crippen molar-refractivity contribution >= 4 is 11.9 Å². The lowest BCUT2D eigenvalue weighted by atomic mass is 10.00. The number of carbonyl (C=O) groups is 2. The minimum absolute atomic E-state index is 0.0238. The van der Waals surface area contributed by atoms with Gasteiger partial charge in [-0.1, -0.05) is 0 Å². The normalized spacial score (nSPS) is 27.5. The van der Waals surface area contributed by atoms with Gasteiger partial charge in [-0.05, 0) is 31.9 Å². The van der Waals surface area contributed by atoms with Gasteiger partial charge in [0.1, 0.15) is 6.10 Å². The number of rotatable bonds is 3. The minimum atomic E-state index is -0.844. The maximum absolute atomic E-state index is 11.6. The molecule has 3 heterocycles. The van der Waals surface area contributed by atoms with E-state index in [0.29, 0.717) is 24.3 Å². The lowest BCUT2D eigenvalue weighted by molar-refractivity contribution is 0.0472. The summed E-state index contributed by atoms with van der Waals surface area (Å²) in [6.07, 6.45) is 3.78. The number of carboxylic acid groups (broad SMARTS) is 1. The molecule has 0 aliphatic carbocycles. The molecule has 2 atom stereocenters. The van der Waals surface area contributed by atoms with E-state index in [1.807, 2.05) is 0 Å². The van der Waals surface area contributed by atoms with E-state index in [9.17, 15) is 14.7 Å². The van der Waals surface area contributed by atoms with Crippen molar-refractivity contribution in [1.29, 1.82) is 0 Å². The highest BCUT2D eigenvalue weighted by atomic mass is 16.5. The Balaban J connectivity index is 1.74. The lowest BCUT2D eigenvalue weighted by Crippen LogP contribution is -2.48. The van der Waals surface area contributed by atoms with Gasteiger partial charge in [-0.15, -0.1) is 0 Å². The average Bonchev–Trinajstić information content (AvgIpc) is 2.71. The Hall–Kier alpha value is -2.11. The summed E-state index contributed by atoms with van der Waals surface area (Å²) in [5.41, 5.74) is 0.477. The van der Waals surface area contributed by atoms with Crippen LogP contribution in [0.2, 0.25) is 0 Å². The highest BCUT2D eigenvalue weighted by Gasteiger charge is 2.44. The SMILES string of the molecule is CC(=O)c1cccnc1OC1CC2CCC(C1)N2C(=O)O. The van der Waals surface area contributed by atoms with Crippen LogP contribution >= 0.6 is 0 Å². The van der Waals surface area contributed by atoms with Crippen LogP contribution in [-0.4, -0.2) is 45.1 Å². The molecule has 0 radical (unpaired) electrons. The Morgan fingerprint density at radius 1 is 1.33 bits per heavy atom. The molecule has 6 heteroatoms. The average molecular weight is 290 g/mol. The van der Waals surface area contributed by atoms with E-state index < -0.39 is 6.09 Å². The summed E-state index contributed by atoms with van der Waals surface area (Å²) in [4.78, 5) is 28.5. The number of hydrogen-bond acceptors (Lipinski definition) is 4. The van der Waals surface area contributed by atoms with Gasteiger partial charge in [0.05, 0.1) is 5.56 Å². The van der Waals surface area contributed by atoms with Crippen LogP contribution in [0.15, 0.2) is 18.3 Å². The molecule has 2 fully saturated rings. The first kappa shape index (κ1) is 13.9. The summed E-state index contributed by atoms with van der Waals surface area (Å²) in [7, 11) is 0. The second kappa shape index (κ2) is 5.35. The molecule has 2 saturated heterocycles. The van der Waals surface area contributed by atoms with Gasteiger partial charge >= 0.3 is 6.09 Å². The van der Waals surface area contributed by atoms with Crippen LogP contribution in [-0.2, 0) is 0 Å². The predicted octanol–water partition coefficient (Wildman–Crippen LogP) is 2.34. The molecular formula is C15H18N2O4. The molecule has 2 unspecified atom stereocenters. The first-order chi connectivity index (χ1) is 10.1. The smallest absolute Gasteiger partial charge is 0.407 e. The van der Waals surface area contributed by atoms with Crippen LogP contribution in [0.3, 0.4) is 0 Å². The minimum Gasteiger partial charge on any atom is -0.474 e. The fraction of sp³-hybridized carbons (Fsp3) is 0.533. The quantitative estimate of drug-likeness (QED) is 0.864. The van der Waals surface area contributed by atoms with Crippen molar-refractivity contribution in [2.24, 2.45) is 0 Å². The fourth-order valence-electron chi connectivity index (χ4n) is 3.45.